The van der Waals surface area contributed by atoms with E-state index in [1.165, 1.54) is 6.42 Å². The van der Waals surface area contributed by atoms with Gasteiger partial charge in [-0.3, -0.25) is 0 Å². The summed E-state index contributed by atoms with van der Waals surface area (Å²) in [6, 6.07) is 0. The molecule has 0 fully saturated rings. The van der Waals surface area contributed by atoms with Gasteiger partial charge in [0.2, 0.25) is 0 Å². The first-order valence-corrected chi connectivity index (χ1v) is 7.15. The van der Waals surface area contributed by atoms with Gasteiger partial charge in [0.15, 0.2) is 0 Å². The molecule has 0 aliphatic rings. The Labute approximate surface area is 108 Å². The number of aliphatic hydroxyl groups is 1. The fourth-order valence-corrected chi connectivity index (χ4v) is 3.15. The Balaban J connectivity index is 4.58. The zero-order chi connectivity index (χ0) is 13.6. The minimum absolute atomic E-state index is 0.0504. The van der Waals surface area contributed by atoms with Crippen LogP contribution in [0.4, 0.5) is 0 Å². The maximum Gasteiger partial charge on any atom is 0.0725 e. The average molecular weight is 243 g/mol. The second-order valence-electron chi connectivity index (χ2n) is 6.19. The third-order valence-corrected chi connectivity index (χ3v) is 4.23. The highest BCUT2D eigenvalue weighted by molar-refractivity contribution is 4.93. The van der Waals surface area contributed by atoms with Crippen molar-refractivity contribution in [2.24, 2.45) is 11.8 Å². The molecule has 0 heterocycles. The van der Waals surface area contributed by atoms with E-state index in [0.717, 1.165) is 19.3 Å². The molecule has 1 N–H and O–H groups in total. The predicted octanol–water partition coefficient (Wildman–Crippen LogP) is 3.54. The Morgan fingerprint density at radius 3 is 1.76 bits per heavy atom. The SMILES string of the molecule is CCC(CC)(C(O)CC(C)CC(C)C)N(C)C. The fourth-order valence-electron chi connectivity index (χ4n) is 3.15. The molecule has 0 spiro atoms. The summed E-state index contributed by atoms with van der Waals surface area (Å²) in [7, 11) is 4.17. The Hall–Kier alpha value is -0.0800. The average Bonchev–Trinajstić information content (AvgIpc) is 2.17. The van der Waals surface area contributed by atoms with Crippen LogP contribution < -0.4 is 0 Å². The molecule has 0 saturated carbocycles. The first-order valence-electron chi connectivity index (χ1n) is 7.15. The first kappa shape index (κ1) is 16.9. The van der Waals surface area contributed by atoms with E-state index in [-0.39, 0.29) is 11.6 Å². The van der Waals surface area contributed by atoms with Crippen LogP contribution in [0.1, 0.15) is 60.3 Å². The smallest absolute Gasteiger partial charge is 0.0725 e. The van der Waals surface area contributed by atoms with Crippen molar-refractivity contribution in [3.63, 3.8) is 0 Å². The lowest BCUT2D eigenvalue weighted by atomic mass is 9.80. The van der Waals surface area contributed by atoms with Crippen molar-refractivity contribution in [2.75, 3.05) is 14.1 Å². The second kappa shape index (κ2) is 7.38. The van der Waals surface area contributed by atoms with Gasteiger partial charge in [0.25, 0.3) is 0 Å². The highest BCUT2D eigenvalue weighted by Gasteiger charge is 2.37. The number of nitrogens with zero attached hydrogens (tertiary/aromatic N) is 1. The summed E-state index contributed by atoms with van der Waals surface area (Å²) >= 11 is 0. The van der Waals surface area contributed by atoms with E-state index in [2.05, 4.69) is 53.6 Å². The molecule has 2 atom stereocenters. The van der Waals surface area contributed by atoms with Gasteiger partial charge in [-0.05, 0) is 51.6 Å². The Morgan fingerprint density at radius 1 is 1.00 bits per heavy atom. The maximum atomic E-state index is 10.6. The lowest BCUT2D eigenvalue weighted by Gasteiger charge is -2.43. The van der Waals surface area contributed by atoms with Crippen LogP contribution >= 0.6 is 0 Å². The van der Waals surface area contributed by atoms with Crippen molar-refractivity contribution in [3.8, 4) is 0 Å². The number of aliphatic hydroxyl groups excluding tert-OH is 1. The van der Waals surface area contributed by atoms with Crippen molar-refractivity contribution >= 4 is 0 Å². The van der Waals surface area contributed by atoms with E-state index in [0.29, 0.717) is 11.8 Å². The van der Waals surface area contributed by atoms with Crippen molar-refractivity contribution < 1.29 is 5.11 Å². The largest absolute Gasteiger partial charge is 0.391 e. The molecule has 104 valence electrons. The molecule has 2 heteroatoms. The number of hydrogen-bond donors (Lipinski definition) is 1. The number of hydrogen-bond acceptors (Lipinski definition) is 2. The molecule has 0 aliphatic carbocycles. The van der Waals surface area contributed by atoms with E-state index in [1.807, 2.05) is 0 Å². The molecule has 2 unspecified atom stereocenters. The minimum atomic E-state index is -0.221. The molecule has 17 heavy (non-hydrogen) atoms. The van der Waals surface area contributed by atoms with Crippen LogP contribution in [0, 0.1) is 11.8 Å². The Morgan fingerprint density at radius 2 is 1.47 bits per heavy atom. The van der Waals surface area contributed by atoms with Crippen molar-refractivity contribution in [1.29, 1.82) is 0 Å². The molecule has 0 amide bonds. The van der Waals surface area contributed by atoms with Crippen LogP contribution in [0.5, 0.6) is 0 Å². The second-order valence-corrected chi connectivity index (χ2v) is 6.19. The van der Waals surface area contributed by atoms with E-state index in [4.69, 9.17) is 0 Å². The monoisotopic (exact) mass is 243 g/mol. The van der Waals surface area contributed by atoms with Gasteiger partial charge >= 0.3 is 0 Å². The molecular weight excluding hydrogens is 210 g/mol. The fraction of sp³-hybridized carbons (Fsp3) is 1.00. The van der Waals surface area contributed by atoms with Gasteiger partial charge in [0, 0.05) is 5.54 Å². The van der Waals surface area contributed by atoms with Crippen molar-refractivity contribution in [1.82, 2.24) is 4.90 Å². The van der Waals surface area contributed by atoms with Crippen LogP contribution in [0.3, 0.4) is 0 Å². The third-order valence-electron chi connectivity index (χ3n) is 4.23. The highest BCUT2D eigenvalue weighted by atomic mass is 16.3. The standard InChI is InChI=1S/C15H33NO/c1-8-15(9-2,16(6)7)14(17)11-13(5)10-12(3)4/h12-14,17H,8-11H2,1-7H3. The summed E-state index contributed by atoms with van der Waals surface area (Å²) < 4.78 is 0. The summed E-state index contributed by atoms with van der Waals surface area (Å²) in [6.45, 7) is 11.1. The molecule has 0 aromatic carbocycles. The van der Waals surface area contributed by atoms with Gasteiger partial charge in [-0.1, -0.05) is 34.6 Å². The normalized spacial score (nSPS) is 16.6. The molecule has 0 saturated heterocycles. The lowest BCUT2D eigenvalue weighted by Crippen LogP contribution is -2.53. The quantitative estimate of drug-likeness (QED) is 0.705. The van der Waals surface area contributed by atoms with E-state index < -0.39 is 0 Å². The van der Waals surface area contributed by atoms with Crippen LogP contribution in [0.25, 0.3) is 0 Å². The highest BCUT2D eigenvalue weighted by Crippen LogP contribution is 2.30. The van der Waals surface area contributed by atoms with Crippen molar-refractivity contribution in [3.05, 3.63) is 0 Å². The zero-order valence-electron chi connectivity index (χ0n) is 13.0. The summed E-state index contributed by atoms with van der Waals surface area (Å²) in [5.74, 6) is 1.32. The van der Waals surface area contributed by atoms with Gasteiger partial charge in [-0.25, -0.2) is 0 Å². The molecule has 0 aromatic rings. The summed E-state index contributed by atoms with van der Waals surface area (Å²) in [6.07, 6.45) is 3.91. The summed E-state index contributed by atoms with van der Waals surface area (Å²) in [5.41, 5.74) is -0.0504. The van der Waals surface area contributed by atoms with Crippen LogP contribution in [0.15, 0.2) is 0 Å². The summed E-state index contributed by atoms with van der Waals surface area (Å²) in [5, 5.41) is 10.6. The van der Waals surface area contributed by atoms with Crippen LogP contribution in [-0.4, -0.2) is 35.7 Å². The molecule has 0 aromatic heterocycles. The first-order chi connectivity index (χ1) is 7.80. The third kappa shape index (κ3) is 4.59. The molecule has 0 aliphatic heterocycles. The van der Waals surface area contributed by atoms with Crippen LogP contribution in [-0.2, 0) is 0 Å². The molecule has 2 nitrogen and oxygen atoms in total. The molecule has 0 bridgehead atoms. The predicted molar refractivity (Wildman–Crippen MR) is 76.2 cm³/mol. The summed E-state index contributed by atoms with van der Waals surface area (Å²) in [4.78, 5) is 2.21. The minimum Gasteiger partial charge on any atom is -0.391 e. The number of likely N-dealkylation sites (N-methyl/N-ethyl adjacent to an activating group) is 1. The van der Waals surface area contributed by atoms with Crippen LogP contribution in [0.2, 0.25) is 0 Å². The molecule has 0 radical (unpaired) electrons. The maximum absolute atomic E-state index is 10.6. The van der Waals surface area contributed by atoms with Gasteiger partial charge < -0.3 is 10.0 Å². The van der Waals surface area contributed by atoms with E-state index in [9.17, 15) is 5.11 Å². The van der Waals surface area contributed by atoms with Gasteiger partial charge in [0.1, 0.15) is 0 Å². The topological polar surface area (TPSA) is 23.5 Å². The van der Waals surface area contributed by atoms with E-state index in [1.54, 1.807) is 0 Å². The van der Waals surface area contributed by atoms with E-state index >= 15 is 0 Å². The number of rotatable bonds is 8. The lowest BCUT2D eigenvalue weighted by molar-refractivity contribution is -0.0261. The van der Waals surface area contributed by atoms with Gasteiger partial charge in [-0.2, -0.15) is 0 Å². The zero-order valence-corrected chi connectivity index (χ0v) is 13.0. The molecule has 0 rings (SSSR count). The Kier molecular flexibility index (Phi) is 7.34. The van der Waals surface area contributed by atoms with Gasteiger partial charge in [0.05, 0.1) is 6.10 Å². The van der Waals surface area contributed by atoms with Gasteiger partial charge in [-0.15, -0.1) is 0 Å². The Bertz CT molecular complexity index is 197. The van der Waals surface area contributed by atoms with Crippen molar-refractivity contribution in [2.45, 2.75) is 71.9 Å². The molecular formula is C15H33NO.